The summed E-state index contributed by atoms with van der Waals surface area (Å²) < 4.78 is 5.20. The first-order valence-corrected chi connectivity index (χ1v) is 5.99. The first kappa shape index (κ1) is 11.6. The van der Waals surface area contributed by atoms with Crippen molar-refractivity contribution in [3.05, 3.63) is 46.4 Å². The summed E-state index contributed by atoms with van der Waals surface area (Å²) in [5.74, 6) is 0.609. The molecule has 0 aliphatic heterocycles. The predicted molar refractivity (Wildman–Crippen MR) is 66.3 cm³/mol. The molecule has 0 fully saturated rings. The third-order valence-corrected chi connectivity index (χ3v) is 3.03. The molecule has 1 N–H and O–H groups in total. The summed E-state index contributed by atoms with van der Waals surface area (Å²) in [4.78, 5) is 15.6. The maximum absolute atomic E-state index is 11.7. The van der Waals surface area contributed by atoms with Crippen molar-refractivity contribution in [2.45, 2.75) is 6.54 Å². The highest BCUT2D eigenvalue weighted by Gasteiger charge is 2.08. The van der Waals surface area contributed by atoms with Gasteiger partial charge in [0, 0.05) is 23.7 Å². The summed E-state index contributed by atoms with van der Waals surface area (Å²) in [5, 5.41) is 5.05. The van der Waals surface area contributed by atoms with Gasteiger partial charge < -0.3 is 10.1 Å². The van der Waals surface area contributed by atoms with Crippen molar-refractivity contribution in [2.75, 3.05) is 7.11 Å². The van der Waals surface area contributed by atoms with Crippen LogP contribution in [0.3, 0.4) is 0 Å². The molecule has 0 bridgehead atoms. The van der Waals surface area contributed by atoms with E-state index in [1.165, 1.54) is 11.3 Å². The molecule has 17 heavy (non-hydrogen) atoms. The number of hydrogen-bond donors (Lipinski definition) is 1. The fourth-order valence-corrected chi connectivity index (χ4v) is 1.99. The topological polar surface area (TPSA) is 51.2 Å². The van der Waals surface area contributed by atoms with Gasteiger partial charge in [-0.25, -0.2) is 4.98 Å². The molecule has 1 heterocycles. The standard InChI is InChI=1S/C12H12N2O2S/c1-16-10-5-3-2-4-9(10)8-14-11(15)12-13-6-7-17-12/h2-7H,8H2,1H3,(H,14,15). The van der Waals surface area contributed by atoms with E-state index in [1.54, 1.807) is 18.7 Å². The second kappa shape index (κ2) is 5.45. The summed E-state index contributed by atoms with van der Waals surface area (Å²) >= 11 is 1.32. The van der Waals surface area contributed by atoms with Crippen LogP contribution in [0.15, 0.2) is 35.8 Å². The van der Waals surface area contributed by atoms with Crippen LogP contribution in [-0.4, -0.2) is 18.0 Å². The Balaban J connectivity index is 2.00. The molecule has 0 aliphatic rings. The van der Waals surface area contributed by atoms with E-state index in [0.717, 1.165) is 11.3 Å². The molecule has 2 rings (SSSR count). The lowest BCUT2D eigenvalue weighted by molar-refractivity contribution is 0.0950. The van der Waals surface area contributed by atoms with Gasteiger partial charge in [0.05, 0.1) is 7.11 Å². The molecule has 0 atom stereocenters. The van der Waals surface area contributed by atoms with Gasteiger partial charge in [0.15, 0.2) is 5.01 Å². The third-order valence-electron chi connectivity index (χ3n) is 2.26. The van der Waals surface area contributed by atoms with Crippen LogP contribution in [-0.2, 0) is 6.54 Å². The van der Waals surface area contributed by atoms with Gasteiger partial charge in [-0.15, -0.1) is 11.3 Å². The Morgan fingerprint density at radius 1 is 1.47 bits per heavy atom. The first-order valence-electron chi connectivity index (χ1n) is 5.11. The number of carbonyl (C=O) groups is 1. The van der Waals surface area contributed by atoms with Gasteiger partial charge in [-0.3, -0.25) is 4.79 Å². The van der Waals surface area contributed by atoms with E-state index in [1.807, 2.05) is 24.3 Å². The molecule has 4 nitrogen and oxygen atoms in total. The van der Waals surface area contributed by atoms with Gasteiger partial charge in [-0.05, 0) is 6.07 Å². The van der Waals surface area contributed by atoms with E-state index >= 15 is 0 Å². The van der Waals surface area contributed by atoms with Gasteiger partial charge in [0.1, 0.15) is 5.75 Å². The Bertz CT molecular complexity index is 497. The van der Waals surface area contributed by atoms with Crippen LogP contribution in [0.5, 0.6) is 5.75 Å². The number of methoxy groups -OCH3 is 1. The van der Waals surface area contributed by atoms with E-state index in [0.29, 0.717) is 11.6 Å². The summed E-state index contributed by atoms with van der Waals surface area (Å²) in [5.41, 5.74) is 0.944. The van der Waals surface area contributed by atoms with Crippen molar-refractivity contribution < 1.29 is 9.53 Å². The Labute approximate surface area is 103 Å². The minimum absolute atomic E-state index is 0.161. The lowest BCUT2D eigenvalue weighted by Crippen LogP contribution is -2.22. The van der Waals surface area contributed by atoms with Crippen LogP contribution < -0.4 is 10.1 Å². The number of para-hydroxylation sites is 1. The Hall–Kier alpha value is -1.88. The zero-order valence-electron chi connectivity index (χ0n) is 9.34. The Kier molecular flexibility index (Phi) is 3.72. The van der Waals surface area contributed by atoms with Gasteiger partial charge in [-0.2, -0.15) is 0 Å². The van der Waals surface area contributed by atoms with Gasteiger partial charge in [0.25, 0.3) is 5.91 Å². The molecule has 5 heteroatoms. The van der Waals surface area contributed by atoms with Crippen LogP contribution in [0, 0.1) is 0 Å². The predicted octanol–water partition coefficient (Wildman–Crippen LogP) is 2.08. The molecule has 0 unspecified atom stereocenters. The van der Waals surface area contributed by atoms with E-state index in [9.17, 15) is 4.79 Å². The smallest absolute Gasteiger partial charge is 0.280 e. The maximum atomic E-state index is 11.7. The second-order valence-electron chi connectivity index (χ2n) is 3.33. The minimum atomic E-state index is -0.161. The molecule has 1 amide bonds. The number of benzene rings is 1. The van der Waals surface area contributed by atoms with Crippen molar-refractivity contribution in [3.63, 3.8) is 0 Å². The van der Waals surface area contributed by atoms with Crippen molar-refractivity contribution in [1.29, 1.82) is 0 Å². The van der Waals surface area contributed by atoms with Crippen LogP contribution in [0.1, 0.15) is 15.4 Å². The highest BCUT2D eigenvalue weighted by molar-refractivity contribution is 7.11. The number of rotatable bonds is 4. The number of nitrogens with zero attached hydrogens (tertiary/aromatic N) is 1. The fraction of sp³-hybridized carbons (Fsp3) is 0.167. The van der Waals surface area contributed by atoms with Crippen LogP contribution >= 0.6 is 11.3 Å². The minimum Gasteiger partial charge on any atom is -0.496 e. The lowest BCUT2D eigenvalue weighted by atomic mass is 10.2. The molecule has 1 aromatic heterocycles. The van der Waals surface area contributed by atoms with Gasteiger partial charge in [-0.1, -0.05) is 18.2 Å². The molecule has 0 radical (unpaired) electrons. The van der Waals surface area contributed by atoms with Crippen molar-refractivity contribution in [1.82, 2.24) is 10.3 Å². The number of hydrogen-bond acceptors (Lipinski definition) is 4. The van der Waals surface area contributed by atoms with Crippen molar-refractivity contribution >= 4 is 17.2 Å². The maximum Gasteiger partial charge on any atom is 0.280 e. The molecule has 0 aliphatic carbocycles. The fourth-order valence-electron chi connectivity index (χ4n) is 1.44. The zero-order valence-corrected chi connectivity index (χ0v) is 10.2. The van der Waals surface area contributed by atoms with E-state index < -0.39 is 0 Å². The number of ether oxygens (including phenoxy) is 1. The molecule has 2 aromatic rings. The Morgan fingerprint density at radius 2 is 2.29 bits per heavy atom. The average molecular weight is 248 g/mol. The molecule has 0 saturated carbocycles. The Morgan fingerprint density at radius 3 is 3.00 bits per heavy atom. The average Bonchev–Trinajstić information content (AvgIpc) is 2.90. The molecular weight excluding hydrogens is 236 g/mol. The second-order valence-corrected chi connectivity index (χ2v) is 4.23. The van der Waals surface area contributed by atoms with Crippen molar-refractivity contribution in [2.24, 2.45) is 0 Å². The monoisotopic (exact) mass is 248 g/mol. The highest BCUT2D eigenvalue weighted by Crippen LogP contribution is 2.16. The molecule has 0 saturated heterocycles. The normalized spacial score (nSPS) is 9.94. The largest absolute Gasteiger partial charge is 0.496 e. The molecular formula is C12H12N2O2S. The zero-order chi connectivity index (χ0) is 12.1. The summed E-state index contributed by atoms with van der Waals surface area (Å²) in [6.45, 7) is 0.433. The summed E-state index contributed by atoms with van der Waals surface area (Å²) in [6, 6.07) is 7.59. The van der Waals surface area contributed by atoms with Crippen LogP contribution in [0.4, 0.5) is 0 Å². The van der Waals surface area contributed by atoms with E-state index in [-0.39, 0.29) is 5.91 Å². The molecule has 0 spiro atoms. The van der Waals surface area contributed by atoms with Crippen LogP contribution in [0.25, 0.3) is 0 Å². The van der Waals surface area contributed by atoms with E-state index in [2.05, 4.69) is 10.3 Å². The number of aromatic nitrogens is 1. The molecule has 88 valence electrons. The van der Waals surface area contributed by atoms with Gasteiger partial charge in [0.2, 0.25) is 0 Å². The quantitative estimate of drug-likeness (QED) is 0.901. The van der Waals surface area contributed by atoms with E-state index in [4.69, 9.17) is 4.74 Å². The van der Waals surface area contributed by atoms with Gasteiger partial charge >= 0.3 is 0 Å². The first-order chi connectivity index (χ1) is 8.31. The summed E-state index contributed by atoms with van der Waals surface area (Å²) in [7, 11) is 1.61. The highest BCUT2D eigenvalue weighted by atomic mass is 32.1. The van der Waals surface area contributed by atoms with Crippen LogP contribution in [0.2, 0.25) is 0 Å². The summed E-state index contributed by atoms with van der Waals surface area (Å²) in [6.07, 6.45) is 1.61. The molecule has 1 aromatic carbocycles. The van der Waals surface area contributed by atoms with Crippen molar-refractivity contribution in [3.8, 4) is 5.75 Å². The number of thiazole rings is 1. The number of nitrogens with one attached hydrogen (secondary N) is 1. The lowest BCUT2D eigenvalue weighted by Gasteiger charge is -2.08. The number of amides is 1. The SMILES string of the molecule is COc1ccccc1CNC(=O)c1nccs1. The third kappa shape index (κ3) is 2.82. The number of carbonyl (C=O) groups excluding carboxylic acids is 1.